The van der Waals surface area contributed by atoms with Gasteiger partial charge in [0, 0.05) is 20.1 Å². The topological polar surface area (TPSA) is 53.7 Å². The summed E-state index contributed by atoms with van der Waals surface area (Å²) >= 11 is 0. The lowest BCUT2D eigenvalue weighted by molar-refractivity contribution is 0.0842. The van der Waals surface area contributed by atoms with Gasteiger partial charge in [-0.3, -0.25) is 19.6 Å². The minimum absolute atomic E-state index is 0.0226. The first kappa shape index (κ1) is 12.2. The standard InChI is InChI=1S/C13H19N5O/c1-8(2)7-18-11-10(16(4)9(3)15-11)12(19)17-6-5-14-13(17)18/h8H,5-7H2,1-4H3. The van der Waals surface area contributed by atoms with Crippen LogP contribution in [0.15, 0.2) is 4.99 Å². The van der Waals surface area contributed by atoms with Crippen molar-refractivity contribution in [2.75, 3.05) is 24.5 Å². The Balaban J connectivity index is 2.15. The fraction of sp³-hybridized carbons (Fsp3) is 0.615. The van der Waals surface area contributed by atoms with E-state index in [1.807, 2.05) is 18.5 Å². The van der Waals surface area contributed by atoms with Crippen LogP contribution in [0.2, 0.25) is 0 Å². The molecule has 0 saturated heterocycles. The van der Waals surface area contributed by atoms with Crippen molar-refractivity contribution in [2.45, 2.75) is 20.8 Å². The van der Waals surface area contributed by atoms with E-state index in [1.54, 1.807) is 4.90 Å². The van der Waals surface area contributed by atoms with Crippen molar-refractivity contribution in [3.63, 3.8) is 0 Å². The molecule has 0 aromatic carbocycles. The molecule has 0 saturated carbocycles. The molecule has 3 rings (SSSR count). The number of anilines is 1. The molecule has 1 aromatic rings. The number of hydrogen-bond acceptors (Lipinski definition) is 4. The van der Waals surface area contributed by atoms with Gasteiger partial charge in [0.2, 0.25) is 5.96 Å². The summed E-state index contributed by atoms with van der Waals surface area (Å²) in [5, 5.41) is 0. The highest BCUT2D eigenvalue weighted by atomic mass is 16.2. The summed E-state index contributed by atoms with van der Waals surface area (Å²) in [7, 11) is 1.89. The first-order chi connectivity index (χ1) is 9.00. The Morgan fingerprint density at radius 2 is 2.11 bits per heavy atom. The zero-order chi connectivity index (χ0) is 13.7. The maximum absolute atomic E-state index is 12.5. The van der Waals surface area contributed by atoms with Gasteiger partial charge in [-0.25, -0.2) is 4.98 Å². The summed E-state index contributed by atoms with van der Waals surface area (Å²) in [5.74, 6) is 2.89. The van der Waals surface area contributed by atoms with Gasteiger partial charge in [0.15, 0.2) is 11.5 Å². The maximum Gasteiger partial charge on any atom is 0.281 e. The van der Waals surface area contributed by atoms with E-state index in [-0.39, 0.29) is 5.91 Å². The molecule has 0 unspecified atom stereocenters. The van der Waals surface area contributed by atoms with E-state index in [9.17, 15) is 4.79 Å². The van der Waals surface area contributed by atoms with Crippen molar-refractivity contribution in [1.29, 1.82) is 0 Å². The van der Waals surface area contributed by atoms with Crippen molar-refractivity contribution >= 4 is 17.7 Å². The SMILES string of the molecule is Cc1nc2c(n1C)C(=O)N1CCN=C1N2CC(C)C. The highest BCUT2D eigenvalue weighted by molar-refractivity contribution is 6.18. The van der Waals surface area contributed by atoms with Crippen molar-refractivity contribution < 1.29 is 4.79 Å². The summed E-state index contributed by atoms with van der Waals surface area (Å²) < 4.78 is 1.88. The van der Waals surface area contributed by atoms with Gasteiger partial charge in [0.25, 0.3) is 5.91 Å². The lowest BCUT2D eigenvalue weighted by Crippen LogP contribution is -2.51. The molecule has 1 aromatic heterocycles. The van der Waals surface area contributed by atoms with Gasteiger partial charge in [-0.15, -0.1) is 0 Å². The van der Waals surface area contributed by atoms with Crippen molar-refractivity contribution in [1.82, 2.24) is 14.5 Å². The number of carbonyl (C=O) groups excluding carboxylic acids is 1. The molecule has 6 nitrogen and oxygen atoms in total. The molecule has 0 fully saturated rings. The lowest BCUT2D eigenvalue weighted by atomic mass is 10.2. The molecule has 0 atom stereocenters. The number of guanidine groups is 1. The van der Waals surface area contributed by atoms with Crippen molar-refractivity contribution in [2.24, 2.45) is 18.0 Å². The van der Waals surface area contributed by atoms with Gasteiger partial charge < -0.3 is 4.57 Å². The maximum atomic E-state index is 12.5. The summed E-state index contributed by atoms with van der Waals surface area (Å²) in [6, 6.07) is 0. The number of nitrogens with zero attached hydrogens (tertiary/aromatic N) is 5. The summed E-state index contributed by atoms with van der Waals surface area (Å²) in [4.78, 5) is 25.4. The fourth-order valence-electron chi connectivity index (χ4n) is 2.63. The number of hydrogen-bond donors (Lipinski definition) is 0. The van der Waals surface area contributed by atoms with Crippen LogP contribution in [0.25, 0.3) is 0 Å². The summed E-state index contributed by atoms with van der Waals surface area (Å²) in [5.41, 5.74) is 0.680. The highest BCUT2D eigenvalue weighted by Crippen LogP contribution is 2.30. The molecule has 1 amide bonds. The third-order valence-electron chi connectivity index (χ3n) is 3.61. The molecule has 0 aliphatic carbocycles. The van der Waals surface area contributed by atoms with Crippen LogP contribution in [0.5, 0.6) is 0 Å². The molecule has 2 aliphatic heterocycles. The van der Waals surface area contributed by atoms with Gasteiger partial charge in [0.05, 0.1) is 6.54 Å². The zero-order valence-corrected chi connectivity index (χ0v) is 11.8. The average Bonchev–Trinajstić information content (AvgIpc) is 2.91. The van der Waals surface area contributed by atoms with Crippen LogP contribution in [-0.2, 0) is 7.05 Å². The van der Waals surface area contributed by atoms with Gasteiger partial charge in [0.1, 0.15) is 5.82 Å². The second-order valence-electron chi connectivity index (χ2n) is 5.53. The van der Waals surface area contributed by atoms with E-state index in [1.165, 1.54) is 0 Å². The van der Waals surface area contributed by atoms with E-state index in [4.69, 9.17) is 0 Å². The Morgan fingerprint density at radius 1 is 1.37 bits per heavy atom. The second-order valence-corrected chi connectivity index (χ2v) is 5.53. The molecule has 0 N–H and O–H groups in total. The molecule has 6 heteroatoms. The van der Waals surface area contributed by atoms with Crippen LogP contribution in [0, 0.1) is 12.8 Å². The number of aromatic nitrogens is 2. The van der Waals surface area contributed by atoms with Crippen LogP contribution in [-0.4, -0.2) is 46.0 Å². The fourth-order valence-corrected chi connectivity index (χ4v) is 2.63. The van der Waals surface area contributed by atoms with E-state index >= 15 is 0 Å². The number of fused-ring (bicyclic) bond motifs is 2. The number of aryl methyl sites for hydroxylation is 1. The van der Waals surface area contributed by atoms with E-state index in [0.29, 0.717) is 24.7 Å². The Kier molecular flexibility index (Phi) is 2.62. The summed E-state index contributed by atoms with van der Waals surface area (Å²) in [6.45, 7) is 8.42. The predicted molar refractivity (Wildman–Crippen MR) is 73.5 cm³/mol. The number of amides is 1. The van der Waals surface area contributed by atoms with E-state index < -0.39 is 0 Å². The molecule has 0 radical (unpaired) electrons. The molecular weight excluding hydrogens is 242 g/mol. The van der Waals surface area contributed by atoms with E-state index in [2.05, 4.69) is 28.7 Å². The van der Waals surface area contributed by atoms with Crippen LogP contribution in [0.3, 0.4) is 0 Å². The molecule has 2 aliphatic rings. The number of rotatable bonds is 2. The Morgan fingerprint density at radius 3 is 2.79 bits per heavy atom. The molecule has 0 bridgehead atoms. The highest BCUT2D eigenvalue weighted by Gasteiger charge is 2.40. The first-order valence-corrected chi connectivity index (χ1v) is 6.68. The van der Waals surface area contributed by atoms with Crippen LogP contribution < -0.4 is 4.90 Å². The van der Waals surface area contributed by atoms with Crippen molar-refractivity contribution in [3.8, 4) is 0 Å². The quantitative estimate of drug-likeness (QED) is 0.798. The largest absolute Gasteiger partial charge is 0.325 e. The van der Waals surface area contributed by atoms with Crippen LogP contribution in [0.1, 0.15) is 30.2 Å². The first-order valence-electron chi connectivity index (χ1n) is 6.68. The van der Waals surface area contributed by atoms with Gasteiger partial charge in [-0.1, -0.05) is 13.8 Å². The average molecular weight is 261 g/mol. The summed E-state index contributed by atoms with van der Waals surface area (Å²) in [6.07, 6.45) is 0. The Hall–Kier alpha value is -1.85. The van der Waals surface area contributed by atoms with Crippen molar-refractivity contribution in [3.05, 3.63) is 11.5 Å². The van der Waals surface area contributed by atoms with Gasteiger partial charge >= 0.3 is 0 Å². The Bertz CT molecular complexity index is 572. The van der Waals surface area contributed by atoms with Gasteiger partial charge in [-0.2, -0.15) is 0 Å². The van der Waals surface area contributed by atoms with Crippen LogP contribution in [0.4, 0.5) is 5.82 Å². The molecule has 0 spiro atoms. The zero-order valence-electron chi connectivity index (χ0n) is 11.8. The minimum atomic E-state index is 0.0226. The van der Waals surface area contributed by atoms with Crippen LogP contribution >= 0.6 is 0 Å². The molecule has 3 heterocycles. The van der Waals surface area contributed by atoms with E-state index in [0.717, 1.165) is 24.1 Å². The third kappa shape index (κ3) is 1.66. The number of carbonyl (C=O) groups is 1. The molecule has 19 heavy (non-hydrogen) atoms. The number of imidazole rings is 1. The number of aliphatic imine (C=N–C) groups is 1. The van der Waals surface area contributed by atoms with Gasteiger partial charge in [-0.05, 0) is 12.8 Å². The lowest BCUT2D eigenvalue weighted by Gasteiger charge is -2.34. The minimum Gasteiger partial charge on any atom is -0.325 e. The third-order valence-corrected chi connectivity index (χ3v) is 3.61. The molecule has 102 valence electrons. The normalized spacial score (nSPS) is 17.9. The predicted octanol–water partition coefficient (Wildman–Crippen LogP) is 1.02. The molecular formula is C13H19N5O. The smallest absolute Gasteiger partial charge is 0.281 e. The Labute approximate surface area is 112 Å². The monoisotopic (exact) mass is 261 g/mol. The second kappa shape index (κ2) is 4.08.